The van der Waals surface area contributed by atoms with Crippen LogP contribution in [0, 0.1) is 5.82 Å². The van der Waals surface area contributed by atoms with Crippen LogP contribution in [0.2, 0.25) is 5.02 Å². The van der Waals surface area contributed by atoms with E-state index in [0.29, 0.717) is 22.9 Å². The highest BCUT2D eigenvalue weighted by Crippen LogP contribution is 2.31. The van der Waals surface area contributed by atoms with Gasteiger partial charge in [-0.3, -0.25) is 4.90 Å². The van der Waals surface area contributed by atoms with Crippen LogP contribution in [0.4, 0.5) is 10.2 Å². The average Bonchev–Trinajstić information content (AvgIpc) is 2.55. The Balaban J connectivity index is 1.84. The first kappa shape index (κ1) is 12.2. The van der Waals surface area contributed by atoms with E-state index in [9.17, 15) is 4.39 Å². The summed E-state index contributed by atoms with van der Waals surface area (Å²) in [7, 11) is 2.18. The van der Waals surface area contributed by atoms with Crippen molar-refractivity contribution in [3.8, 4) is 0 Å². The van der Waals surface area contributed by atoms with Gasteiger partial charge in [0, 0.05) is 31.4 Å². The molecule has 2 aliphatic rings. The van der Waals surface area contributed by atoms with Crippen LogP contribution in [0.15, 0.2) is 12.3 Å². The van der Waals surface area contributed by atoms with Gasteiger partial charge >= 0.3 is 0 Å². The van der Waals surface area contributed by atoms with E-state index in [1.54, 1.807) is 0 Å². The van der Waals surface area contributed by atoms with Crippen LogP contribution in [0.5, 0.6) is 0 Å². The highest BCUT2D eigenvalue weighted by Gasteiger charge is 2.35. The molecule has 18 heavy (non-hydrogen) atoms. The van der Waals surface area contributed by atoms with Gasteiger partial charge in [-0.05, 0) is 32.4 Å². The molecule has 3 heterocycles. The molecule has 0 amide bonds. The van der Waals surface area contributed by atoms with E-state index in [4.69, 9.17) is 11.6 Å². The average molecular weight is 270 g/mol. The van der Waals surface area contributed by atoms with Gasteiger partial charge in [0.2, 0.25) is 0 Å². The van der Waals surface area contributed by atoms with Crippen LogP contribution in [0.3, 0.4) is 0 Å². The van der Waals surface area contributed by atoms with Gasteiger partial charge in [-0.15, -0.1) is 0 Å². The van der Waals surface area contributed by atoms with Gasteiger partial charge in [0.25, 0.3) is 0 Å². The van der Waals surface area contributed by atoms with Gasteiger partial charge in [0.05, 0.1) is 5.02 Å². The fourth-order valence-corrected chi connectivity index (χ4v) is 3.29. The van der Waals surface area contributed by atoms with Gasteiger partial charge in [-0.2, -0.15) is 0 Å². The van der Waals surface area contributed by atoms with Crippen molar-refractivity contribution in [2.24, 2.45) is 0 Å². The van der Waals surface area contributed by atoms with Crippen molar-refractivity contribution in [3.63, 3.8) is 0 Å². The summed E-state index contributed by atoms with van der Waals surface area (Å²) in [5.74, 6) is 0.128. The molecule has 2 unspecified atom stereocenters. The molecule has 2 saturated heterocycles. The molecule has 1 aromatic rings. The number of anilines is 1. The second-order valence-corrected chi connectivity index (χ2v) is 5.68. The normalized spacial score (nSPS) is 28.5. The van der Waals surface area contributed by atoms with Crippen LogP contribution in [0.25, 0.3) is 0 Å². The number of aromatic nitrogens is 1. The molecule has 2 fully saturated rings. The number of likely N-dealkylation sites (N-methyl/N-ethyl adjacent to an activating group) is 1. The largest absolute Gasteiger partial charge is 0.353 e. The second-order valence-electron chi connectivity index (χ2n) is 5.24. The van der Waals surface area contributed by atoms with E-state index in [0.717, 1.165) is 19.5 Å². The molecule has 3 nitrogen and oxygen atoms in total. The highest BCUT2D eigenvalue weighted by molar-refractivity contribution is 6.30. The maximum absolute atomic E-state index is 13.9. The fourth-order valence-electron chi connectivity index (χ4n) is 3.14. The topological polar surface area (TPSA) is 19.4 Å². The molecular weight excluding hydrogens is 253 g/mol. The minimum atomic E-state index is -0.317. The number of rotatable bonds is 1. The van der Waals surface area contributed by atoms with Crippen molar-refractivity contribution < 1.29 is 4.39 Å². The number of fused-ring (bicyclic) bond motifs is 2. The first-order valence-corrected chi connectivity index (χ1v) is 6.81. The third kappa shape index (κ3) is 2.08. The fraction of sp³-hybridized carbons (Fsp3) is 0.615. The van der Waals surface area contributed by atoms with E-state index in [1.165, 1.54) is 25.1 Å². The Morgan fingerprint density at radius 1 is 1.33 bits per heavy atom. The standard InChI is InChI=1S/C13H17ClFN3/c1-17-10-2-3-11(17)8-18(5-4-10)13-12(15)6-9(14)7-16-13/h6-7,10-11H,2-5,8H2,1H3. The number of nitrogens with zero attached hydrogens (tertiary/aromatic N) is 3. The molecule has 2 atom stereocenters. The molecule has 0 spiro atoms. The molecule has 2 aliphatic heterocycles. The Kier molecular flexibility index (Phi) is 3.16. The summed E-state index contributed by atoms with van der Waals surface area (Å²) in [5.41, 5.74) is 0. The first-order valence-electron chi connectivity index (χ1n) is 6.43. The minimum absolute atomic E-state index is 0.317. The van der Waals surface area contributed by atoms with Crippen molar-refractivity contribution in [2.75, 3.05) is 25.0 Å². The summed E-state index contributed by atoms with van der Waals surface area (Å²) < 4.78 is 13.9. The van der Waals surface area contributed by atoms with Crippen LogP contribution in [-0.2, 0) is 0 Å². The predicted octanol–water partition coefficient (Wildman–Crippen LogP) is 2.55. The number of hydrogen-bond acceptors (Lipinski definition) is 3. The van der Waals surface area contributed by atoms with E-state index < -0.39 is 0 Å². The lowest BCUT2D eigenvalue weighted by Crippen LogP contribution is -2.37. The third-order valence-corrected chi connectivity index (χ3v) is 4.44. The molecule has 2 bridgehead atoms. The molecule has 0 aromatic carbocycles. The molecular formula is C13H17ClFN3. The van der Waals surface area contributed by atoms with E-state index in [2.05, 4.69) is 21.8 Å². The molecule has 0 radical (unpaired) electrons. The Bertz CT molecular complexity index is 454. The van der Waals surface area contributed by atoms with Crippen LogP contribution < -0.4 is 4.90 Å². The SMILES string of the molecule is CN1C2CCC1CN(c1ncc(Cl)cc1F)CC2. The van der Waals surface area contributed by atoms with Gasteiger partial charge < -0.3 is 4.90 Å². The molecule has 0 aliphatic carbocycles. The molecule has 0 saturated carbocycles. The number of halogens is 2. The summed E-state index contributed by atoms with van der Waals surface area (Å²) in [4.78, 5) is 8.65. The van der Waals surface area contributed by atoms with Crippen LogP contribution in [0.1, 0.15) is 19.3 Å². The number of hydrogen-bond donors (Lipinski definition) is 0. The lowest BCUT2D eigenvalue weighted by atomic mass is 10.1. The molecule has 3 rings (SSSR count). The quantitative estimate of drug-likeness (QED) is 0.781. The molecule has 5 heteroatoms. The Morgan fingerprint density at radius 3 is 2.89 bits per heavy atom. The van der Waals surface area contributed by atoms with Crippen molar-refractivity contribution >= 4 is 17.4 Å². The summed E-state index contributed by atoms with van der Waals surface area (Å²) in [6.07, 6.45) is 5.07. The van der Waals surface area contributed by atoms with Gasteiger partial charge in [-0.1, -0.05) is 11.6 Å². The zero-order chi connectivity index (χ0) is 12.7. The Labute approximate surface area is 112 Å². The van der Waals surface area contributed by atoms with Crippen LogP contribution in [-0.4, -0.2) is 42.1 Å². The maximum Gasteiger partial charge on any atom is 0.167 e. The van der Waals surface area contributed by atoms with E-state index in [-0.39, 0.29) is 5.82 Å². The lowest BCUT2D eigenvalue weighted by Gasteiger charge is -2.26. The summed E-state index contributed by atoms with van der Waals surface area (Å²) in [6, 6.07) is 2.52. The van der Waals surface area contributed by atoms with Crippen LogP contribution >= 0.6 is 11.6 Å². The van der Waals surface area contributed by atoms with E-state index in [1.807, 2.05) is 0 Å². The van der Waals surface area contributed by atoms with E-state index >= 15 is 0 Å². The summed E-state index contributed by atoms with van der Waals surface area (Å²) in [6.45, 7) is 1.73. The second kappa shape index (κ2) is 4.67. The maximum atomic E-state index is 13.9. The van der Waals surface area contributed by atoms with Crippen molar-refractivity contribution in [2.45, 2.75) is 31.3 Å². The van der Waals surface area contributed by atoms with Crippen molar-refractivity contribution in [1.29, 1.82) is 0 Å². The smallest absolute Gasteiger partial charge is 0.167 e. The molecule has 0 N–H and O–H groups in total. The number of pyridine rings is 1. The Hall–Kier alpha value is -0.870. The predicted molar refractivity (Wildman–Crippen MR) is 70.6 cm³/mol. The zero-order valence-electron chi connectivity index (χ0n) is 10.4. The van der Waals surface area contributed by atoms with Gasteiger partial charge in [0.1, 0.15) is 0 Å². The third-order valence-electron chi connectivity index (χ3n) is 4.24. The zero-order valence-corrected chi connectivity index (χ0v) is 11.2. The highest BCUT2D eigenvalue weighted by atomic mass is 35.5. The summed E-state index contributed by atoms with van der Waals surface area (Å²) in [5, 5.41) is 0.352. The van der Waals surface area contributed by atoms with Crippen molar-refractivity contribution in [3.05, 3.63) is 23.1 Å². The van der Waals surface area contributed by atoms with Crippen molar-refractivity contribution in [1.82, 2.24) is 9.88 Å². The molecule has 98 valence electrons. The first-order chi connectivity index (χ1) is 8.65. The van der Waals surface area contributed by atoms with Gasteiger partial charge in [-0.25, -0.2) is 9.37 Å². The molecule has 1 aromatic heterocycles. The monoisotopic (exact) mass is 269 g/mol. The minimum Gasteiger partial charge on any atom is -0.353 e. The summed E-state index contributed by atoms with van der Waals surface area (Å²) >= 11 is 5.75. The Morgan fingerprint density at radius 2 is 2.11 bits per heavy atom. The lowest BCUT2D eigenvalue weighted by molar-refractivity contribution is 0.254. The van der Waals surface area contributed by atoms with Gasteiger partial charge in [0.15, 0.2) is 11.6 Å².